The molecule has 1 aliphatic heterocycles. The van der Waals surface area contributed by atoms with Crippen molar-refractivity contribution in [2.24, 2.45) is 4.99 Å². The Morgan fingerprint density at radius 1 is 1.12 bits per heavy atom. The van der Waals surface area contributed by atoms with Gasteiger partial charge in [0.05, 0.1) is 5.69 Å². The van der Waals surface area contributed by atoms with Gasteiger partial charge in [0, 0.05) is 24.0 Å². The van der Waals surface area contributed by atoms with E-state index in [0.29, 0.717) is 11.7 Å². The molecule has 3 aromatic carbocycles. The quantitative estimate of drug-likeness (QED) is 0.468. The Hall–Kier alpha value is -3.38. The van der Waals surface area contributed by atoms with Crippen LogP contribution in [0.5, 0.6) is 0 Å². The highest BCUT2D eigenvalue weighted by atomic mass is 32.2. The number of benzene rings is 3. The number of anilines is 1. The van der Waals surface area contributed by atoms with Crippen LogP contribution in [0.2, 0.25) is 0 Å². The van der Waals surface area contributed by atoms with E-state index in [1.165, 1.54) is 11.8 Å². The lowest BCUT2D eigenvalue weighted by Gasteiger charge is -2.15. The van der Waals surface area contributed by atoms with Crippen LogP contribution in [0.1, 0.15) is 23.1 Å². The summed E-state index contributed by atoms with van der Waals surface area (Å²) in [5, 5.41) is 5.18. The van der Waals surface area contributed by atoms with Gasteiger partial charge < -0.3 is 5.32 Å². The normalized spacial score (nSPS) is 17.1. The molecular formula is C27H27N3O2S. The summed E-state index contributed by atoms with van der Waals surface area (Å²) in [4.78, 5) is 32.4. The van der Waals surface area contributed by atoms with Crippen LogP contribution in [0.25, 0.3) is 10.8 Å². The molecule has 0 unspecified atom stereocenters. The third kappa shape index (κ3) is 4.86. The van der Waals surface area contributed by atoms with Crippen LogP contribution in [-0.2, 0) is 9.59 Å². The summed E-state index contributed by atoms with van der Waals surface area (Å²) in [6, 6.07) is 18.0. The lowest BCUT2D eigenvalue weighted by Crippen LogP contribution is -2.33. The minimum Gasteiger partial charge on any atom is -0.326 e. The van der Waals surface area contributed by atoms with Crippen molar-refractivity contribution >= 4 is 50.9 Å². The second kappa shape index (κ2) is 9.63. The van der Waals surface area contributed by atoms with Crippen LogP contribution < -0.4 is 5.32 Å². The van der Waals surface area contributed by atoms with E-state index < -0.39 is 5.25 Å². The van der Waals surface area contributed by atoms with Gasteiger partial charge in [0.15, 0.2) is 5.17 Å². The van der Waals surface area contributed by atoms with E-state index >= 15 is 0 Å². The summed E-state index contributed by atoms with van der Waals surface area (Å²) in [6.07, 6.45) is 1.76. The van der Waals surface area contributed by atoms with Crippen LogP contribution in [0.4, 0.5) is 11.4 Å². The summed E-state index contributed by atoms with van der Waals surface area (Å²) < 4.78 is 0. The maximum absolute atomic E-state index is 13.1. The average molecular weight is 458 g/mol. The van der Waals surface area contributed by atoms with Crippen molar-refractivity contribution in [3.05, 3.63) is 83.9 Å². The molecule has 1 atom stereocenters. The molecule has 168 valence electrons. The average Bonchev–Trinajstić information content (AvgIpc) is 3.05. The van der Waals surface area contributed by atoms with Gasteiger partial charge in [-0.2, -0.15) is 0 Å². The Morgan fingerprint density at radius 3 is 2.55 bits per heavy atom. The number of nitrogens with zero attached hydrogens (tertiary/aromatic N) is 2. The van der Waals surface area contributed by atoms with Gasteiger partial charge in [-0.3, -0.25) is 14.5 Å². The first-order valence-electron chi connectivity index (χ1n) is 10.9. The molecule has 4 rings (SSSR count). The lowest BCUT2D eigenvalue weighted by atomic mass is 10.0. The third-order valence-corrected chi connectivity index (χ3v) is 6.80. The Kier molecular flexibility index (Phi) is 6.65. The number of amidine groups is 1. The number of carbonyl (C=O) groups excluding carboxylic acids is 2. The zero-order valence-corrected chi connectivity index (χ0v) is 19.9. The molecule has 0 bridgehead atoms. The van der Waals surface area contributed by atoms with Gasteiger partial charge in [0.25, 0.3) is 0 Å². The zero-order chi connectivity index (χ0) is 23.5. The molecule has 0 saturated carbocycles. The van der Waals surface area contributed by atoms with E-state index in [0.717, 1.165) is 38.8 Å². The molecule has 3 aromatic rings. The standard InChI is InChI=1S/C27H27N3O2S/c1-5-13-30-26(32)23(16-24(31)29-25-18(3)14-17(2)15-19(25)4)33-27(30)28-22-12-8-10-20-9-6-7-11-21(20)22/h5-12,14-15,23H,1,13,16H2,2-4H3,(H,29,31)/t23-/m1/s1. The van der Waals surface area contributed by atoms with Crippen molar-refractivity contribution in [2.75, 3.05) is 11.9 Å². The van der Waals surface area contributed by atoms with Crippen molar-refractivity contribution in [3.63, 3.8) is 0 Å². The van der Waals surface area contributed by atoms with Crippen molar-refractivity contribution in [1.29, 1.82) is 0 Å². The maximum Gasteiger partial charge on any atom is 0.242 e. The van der Waals surface area contributed by atoms with Gasteiger partial charge in [-0.1, -0.05) is 71.9 Å². The molecule has 1 N–H and O–H groups in total. The fraction of sp³-hybridized carbons (Fsp3) is 0.222. The van der Waals surface area contributed by atoms with E-state index in [1.807, 2.05) is 75.4 Å². The van der Waals surface area contributed by atoms with Crippen LogP contribution in [0.15, 0.2) is 72.2 Å². The largest absolute Gasteiger partial charge is 0.326 e. The molecule has 0 radical (unpaired) electrons. The van der Waals surface area contributed by atoms with Gasteiger partial charge in [-0.25, -0.2) is 4.99 Å². The van der Waals surface area contributed by atoms with E-state index in [1.54, 1.807) is 11.0 Å². The fourth-order valence-corrected chi connectivity index (χ4v) is 5.33. The molecule has 1 saturated heterocycles. The first-order chi connectivity index (χ1) is 15.9. The summed E-state index contributed by atoms with van der Waals surface area (Å²) in [6.45, 7) is 10.1. The van der Waals surface area contributed by atoms with E-state index in [9.17, 15) is 9.59 Å². The number of fused-ring (bicyclic) bond motifs is 1. The van der Waals surface area contributed by atoms with Crippen LogP contribution in [0, 0.1) is 20.8 Å². The number of amides is 2. The number of nitrogens with one attached hydrogen (secondary N) is 1. The SMILES string of the molecule is C=CCN1C(=O)[C@@H](CC(=O)Nc2c(C)cc(C)cc2C)SC1=Nc1cccc2ccccc12. The highest BCUT2D eigenvalue weighted by Gasteiger charge is 2.38. The van der Waals surface area contributed by atoms with E-state index in [-0.39, 0.29) is 18.2 Å². The summed E-state index contributed by atoms with van der Waals surface area (Å²) in [7, 11) is 0. The molecule has 0 aliphatic carbocycles. The van der Waals surface area contributed by atoms with Crippen molar-refractivity contribution in [1.82, 2.24) is 4.90 Å². The van der Waals surface area contributed by atoms with Crippen LogP contribution >= 0.6 is 11.8 Å². The van der Waals surface area contributed by atoms with E-state index in [4.69, 9.17) is 4.99 Å². The number of carbonyl (C=O) groups is 2. The van der Waals surface area contributed by atoms with Crippen molar-refractivity contribution < 1.29 is 9.59 Å². The molecule has 33 heavy (non-hydrogen) atoms. The predicted molar refractivity (Wildman–Crippen MR) is 138 cm³/mol. The van der Waals surface area contributed by atoms with Crippen molar-refractivity contribution in [3.8, 4) is 0 Å². The second-order valence-corrected chi connectivity index (χ2v) is 9.43. The number of aliphatic imine (C=N–C) groups is 1. The first-order valence-corrected chi connectivity index (χ1v) is 11.8. The molecule has 1 aliphatic rings. The third-order valence-electron chi connectivity index (χ3n) is 5.63. The molecule has 0 aromatic heterocycles. The van der Waals surface area contributed by atoms with Gasteiger partial charge >= 0.3 is 0 Å². The van der Waals surface area contributed by atoms with Gasteiger partial charge in [0.1, 0.15) is 5.25 Å². The first kappa shape index (κ1) is 22.8. The predicted octanol–water partition coefficient (Wildman–Crippen LogP) is 5.91. The molecule has 1 heterocycles. The molecule has 1 fully saturated rings. The van der Waals surface area contributed by atoms with E-state index in [2.05, 4.69) is 11.9 Å². The van der Waals surface area contributed by atoms with Crippen LogP contribution in [-0.4, -0.2) is 33.7 Å². The number of thioether (sulfide) groups is 1. The van der Waals surface area contributed by atoms with Gasteiger partial charge in [0.2, 0.25) is 11.8 Å². The Labute approximate surface area is 198 Å². The Balaban J connectivity index is 1.57. The molecule has 0 spiro atoms. The molecule has 5 nitrogen and oxygen atoms in total. The van der Waals surface area contributed by atoms with Gasteiger partial charge in [-0.05, 0) is 43.4 Å². The monoisotopic (exact) mass is 457 g/mol. The summed E-state index contributed by atoms with van der Waals surface area (Å²) >= 11 is 1.34. The Morgan fingerprint density at radius 2 is 1.82 bits per heavy atom. The number of aryl methyl sites for hydroxylation is 3. The minimum atomic E-state index is -0.523. The smallest absolute Gasteiger partial charge is 0.242 e. The summed E-state index contributed by atoms with van der Waals surface area (Å²) in [5.41, 5.74) is 4.79. The second-order valence-electron chi connectivity index (χ2n) is 8.26. The molecule has 6 heteroatoms. The summed E-state index contributed by atoms with van der Waals surface area (Å²) in [5.74, 6) is -0.299. The number of hydrogen-bond donors (Lipinski definition) is 1. The topological polar surface area (TPSA) is 61.8 Å². The zero-order valence-electron chi connectivity index (χ0n) is 19.1. The number of rotatable bonds is 6. The molecular weight excluding hydrogens is 430 g/mol. The van der Waals surface area contributed by atoms with Gasteiger partial charge in [-0.15, -0.1) is 6.58 Å². The highest BCUT2D eigenvalue weighted by molar-refractivity contribution is 8.15. The number of hydrogen-bond acceptors (Lipinski definition) is 4. The fourth-order valence-electron chi connectivity index (χ4n) is 4.17. The highest BCUT2D eigenvalue weighted by Crippen LogP contribution is 2.34. The van der Waals surface area contributed by atoms with Crippen molar-refractivity contribution in [2.45, 2.75) is 32.4 Å². The maximum atomic E-state index is 13.1. The molecule has 2 amide bonds. The lowest BCUT2D eigenvalue weighted by molar-refractivity contribution is -0.127. The minimum absolute atomic E-state index is 0.0818. The van der Waals surface area contributed by atoms with Crippen LogP contribution in [0.3, 0.4) is 0 Å². The Bertz CT molecular complexity index is 1250.